The van der Waals surface area contributed by atoms with E-state index in [1.54, 1.807) is 48.5 Å². The van der Waals surface area contributed by atoms with Gasteiger partial charge in [0, 0.05) is 5.92 Å². The number of rotatable bonds is 3. The van der Waals surface area contributed by atoms with Crippen molar-refractivity contribution in [2.24, 2.45) is 23.7 Å². The summed E-state index contributed by atoms with van der Waals surface area (Å²) in [5.41, 5.74) is 1.48. The summed E-state index contributed by atoms with van der Waals surface area (Å²) in [7, 11) is 0. The molecule has 1 saturated carbocycles. The second-order valence-corrected chi connectivity index (χ2v) is 10.8. The standard InChI is InChI=1S/C32H25NO6/c34-21-13-11-18(12-14-21)27-22-15-16-23-26(29(36)33(28(23)35)20-9-5-2-6-10-20)24(22)17-25-30(37)39-31(38)32(25,27)19-7-3-1-4-8-19/h1-15,23-27,34H,16-17H2/t23?,24?,25-,26?,27-,32+/m0/s1. The zero-order valence-corrected chi connectivity index (χ0v) is 20.9. The van der Waals surface area contributed by atoms with E-state index in [1.165, 1.54) is 4.90 Å². The number of anilines is 1. The number of aromatic hydroxyl groups is 1. The van der Waals surface area contributed by atoms with Crippen LogP contribution in [0.5, 0.6) is 5.75 Å². The normalized spacial score (nSPS) is 31.3. The number of esters is 2. The van der Waals surface area contributed by atoms with Gasteiger partial charge in [-0.15, -0.1) is 0 Å². The second kappa shape index (κ2) is 8.50. The van der Waals surface area contributed by atoms with E-state index in [4.69, 9.17) is 4.74 Å². The topological polar surface area (TPSA) is 101 Å². The Morgan fingerprint density at radius 3 is 2.15 bits per heavy atom. The summed E-state index contributed by atoms with van der Waals surface area (Å²) in [4.78, 5) is 55.9. The number of para-hydroxylation sites is 1. The molecule has 7 heteroatoms. The monoisotopic (exact) mass is 519 g/mol. The van der Waals surface area contributed by atoms with E-state index in [0.717, 1.165) is 11.1 Å². The maximum absolute atomic E-state index is 13.9. The molecule has 0 radical (unpaired) electrons. The van der Waals surface area contributed by atoms with Crippen LogP contribution < -0.4 is 4.90 Å². The minimum atomic E-state index is -1.32. The van der Waals surface area contributed by atoms with Crippen molar-refractivity contribution >= 4 is 29.4 Å². The molecule has 194 valence electrons. The first-order valence-corrected chi connectivity index (χ1v) is 13.2. The van der Waals surface area contributed by atoms with Crippen LogP contribution in [0, 0.1) is 23.7 Å². The number of cyclic esters (lactones) is 2. The molecule has 2 aliphatic carbocycles. The van der Waals surface area contributed by atoms with Gasteiger partial charge in [0.1, 0.15) is 11.2 Å². The summed E-state index contributed by atoms with van der Waals surface area (Å²) >= 11 is 0. The smallest absolute Gasteiger partial charge is 0.326 e. The molecule has 3 aromatic carbocycles. The predicted molar refractivity (Wildman–Crippen MR) is 140 cm³/mol. The van der Waals surface area contributed by atoms with Crippen molar-refractivity contribution < 1.29 is 29.0 Å². The first kappa shape index (κ1) is 23.6. The summed E-state index contributed by atoms with van der Waals surface area (Å²) in [6.45, 7) is 0. The van der Waals surface area contributed by atoms with Gasteiger partial charge in [-0.25, -0.2) is 0 Å². The van der Waals surface area contributed by atoms with Gasteiger partial charge in [-0.1, -0.05) is 72.3 Å². The molecular formula is C32H25NO6. The van der Waals surface area contributed by atoms with Gasteiger partial charge in [-0.05, 0) is 54.2 Å². The molecule has 0 bridgehead atoms. The summed E-state index contributed by atoms with van der Waals surface area (Å²) in [6.07, 6.45) is 2.58. The summed E-state index contributed by atoms with van der Waals surface area (Å²) in [5, 5.41) is 10.0. The maximum atomic E-state index is 13.9. The third kappa shape index (κ3) is 3.16. The lowest BCUT2D eigenvalue weighted by molar-refractivity contribution is -0.154. The van der Waals surface area contributed by atoms with E-state index in [0.29, 0.717) is 17.7 Å². The van der Waals surface area contributed by atoms with E-state index in [1.807, 2.05) is 42.5 Å². The summed E-state index contributed by atoms with van der Waals surface area (Å²) in [6, 6.07) is 24.7. The van der Waals surface area contributed by atoms with Crippen LogP contribution in [-0.4, -0.2) is 28.9 Å². The molecule has 4 aliphatic rings. The van der Waals surface area contributed by atoms with Crippen LogP contribution in [0.25, 0.3) is 0 Å². The van der Waals surface area contributed by atoms with Gasteiger partial charge in [0.2, 0.25) is 11.8 Å². The van der Waals surface area contributed by atoms with Gasteiger partial charge < -0.3 is 9.84 Å². The Bertz CT molecular complexity index is 1550. The van der Waals surface area contributed by atoms with E-state index in [-0.39, 0.29) is 24.0 Å². The molecule has 2 heterocycles. The SMILES string of the molecule is O=C1OC(=O)[C@@]2(c3ccccc3)[C@@H](c3ccc(O)cc3)C3=CCC4C(=O)N(c5ccccc5)C(=O)C4C3C[C@@H]12. The van der Waals surface area contributed by atoms with Crippen LogP contribution in [0.3, 0.4) is 0 Å². The van der Waals surface area contributed by atoms with Crippen molar-refractivity contribution in [3.05, 3.63) is 108 Å². The zero-order chi connectivity index (χ0) is 26.9. The number of hydrogen-bond acceptors (Lipinski definition) is 6. The van der Waals surface area contributed by atoms with E-state index in [2.05, 4.69) is 0 Å². The number of fused-ring (bicyclic) bond motifs is 4. The Kier molecular flexibility index (Phi) is 5.14. The van der Waals surface area contributed by atoms with Crippen molar-refractivity contribution in [2.75, 3.05) is 4.90 Å². The van der Waals surface area contributed by atoms with Crippen molar-refractivity contribution in [2.45, 2.75) is 24.2 Å². The fraction of sp³-hybridized carbons (Fsp3) is 0.250. The fourth-order valence-electron chi connectivity index (χ4n) is 7.53. The Morgan fingerprint density at radius 2 is 1.46 bits per heavy atom. The highest BCUT2D eigenvalue weighted by Gasteiger charge is 2.69. The molecule has 1 N–H and O–H groups in total. The number of allylic oxidation sites excluding steroid dienone is 2. The highest BCUT2D eigenvalue weighted by Crippen LogP contribution is 2.63. The molecule has 2 aliphatic heterocycles. The molecule has 3 unspecified atom stereocenters. The number of ether oxygens (including phenoxy) is 1. The van der Waals surface area contributed by atoms with Crippen LogP contribution in [0.2, 0.25) is 0 Å². The van der Waals surface area contributed by atoms with Crippen LogP contribution in [0.15, 0.2) is 96.6 Å². The largest absolute Gasteiger partial charge is 0.508 e. The van der Waals surface area contributed by atoms with Gasteiger partial charge >= 0.3 is 11.9 Å². The van der Waals surface area contributed by atoms with Gasteiger partial charge in [0.15, 0.2) is 0 Å². The molecule has 2 saturated heterocycles. The number of carbonyl (C=O) groups is 4. The molecule has 0 aromatic heterocycles. The minimum Gasteiger partial charge on any atom is -0.508 e. The molecule has 39 heavy (non-hydrogen) atoms. The van der Waals surface area contributed by atoms with Crippen LogP contribution in [0.1, 0.15) is 29.9 Å². The molecule has 7 rings (SSSR count). The van der Waals surface area contributed by atoms with Crippen LogP contribution in [-0.2, 0) is 29.3 Å². The predicted octanol–water partition coefficient (Wildman–Crippen LogP) is 4.27. The number of phenols is 1. The first-order chi connectivity index (χ1) is 18.9. The van der Waals surface area contributed by atoms with Crippen molar-refractivity contribution in [1.29, 1.82) is 0 Å². The molecule has 7 nitrogen and oxygen atoms in total. The lowest BCUT2D eigenvalue weighted by Crippen LogP contribution is -2.52. The van der Waals surface area contributed by atoms with Crippen molar-refractivity contribution in [3.8, 4) is 5.75 Å². The maximum Gasteiger partial charge on any atom is 0.326 e. The number of amides is 2. The average molecular weight is 520 g/mol. The quantitative estimate of drug-likeness (QED) is 0.240. The third-order valence-corrected chi connectivity index (χ3v) is 9.08. The Hall–Kier alpha value is -4.52. The van der Waals surface area contributed by atoms with Gasteiger partial charge in [-0.3, -0.25) is 24.1 Å². The van der Waals surface area contributed by atoms with Gasteiger partial charge in [0.05, 0.1) is 23.4 Å². The fourth-order valence-corrected chi connectivity index (χ4v) is 7.53. The van der Waals surface area contributed by atoms with E-state index >= 15 is 0 Å². The molecule has 3 fully saturated rings. The highest BCUT2D eigenvalue weighted by atomic mass is 16.6. The number of nitrogens with zero attached hydrogens (tertiary/aromatic N) is 1. The molecule has 6 atom stereocenters. The lowest BCUT2D eigenvalue weighted by Gasteiger charge is -2.49. The Balaban J connectivity index is 1.42. The molecule has 3 aromatic rings. The highest BCUT2D eigenvalue weighted by molar-refractivity contribution is 6.22. The second-order valence-electron chi connectivity index (χ2n) is 10.8. The molecular weight excluding hydrogens is 494 g/mol. The summed E-state index contributed by atoms with van der Waals surface area (Å²) < 4.78 is 5.38. The molecule has 2 amide bonds. The van der Waals surface area contributed by atoms with E-state index < -0.39 is 46.9 Å². The number of benzene rings is 3. The van der Waals surface area contributed by atoms with Crippen molar-refractivity contribution in [1.82, 2.24) is 0 Å². The van der Waals surface area contributed by atoms with E-state index in [9.17, 15) is 24.3 Å². The van der Waals surface area contributed by atoms with Crippen LogP contribution >= 0.6 is 0 Å². The number of hydrogen-bond donors (Lipinski definition) is 1. The average Bonchev–Trinajstić information content (AvgIpc) is 3.37. The van der Waals surface area contributed by atoms with Crippen molar-refractivity contribution in [3.63, 3.8) is 0 Å². The molecule has 0 spiro atoms. The number of imide groups is 1. The third-order valence-electron chi connectivity index (χ3n) is 9.08. The van der Waals surface area contributed by atoms with Gasteiger partial charge in [-0.2, -0.15) is 0 Å². The van der Waals surface area contributed by atoms with Crippen LogP contribution in [0.4, 0.5) is 5.69 Å². The first-order valence-electron chi connectivity index (χ1n) is 13.2. The Labute approximate surface area is 224 Å². The van der Waals surface area contributed by atoms with Gasteiger partial charge in [0.25, 0.3) is 0 Å². The zero-order valence-electron chi connectivity index (χ0n) is 20.9. The lowest BCUT2D eigenvalue weighted by atomic mass is 9.49. The summed E-state index contributed by atoms with van der Waals surface area (Å²) in [5.74, 6) is -4.70. The Morgan fingerprint density at radius 1 is 0.795 bits per heavy atom. The number of phenolic OH excluding ortho intramolecular Hbond substituents is 1. The minimum absolute atomic E-state index is 0.0780. The number of carbonyl (C=O) groups excluding carboxylic acids is 4.